The summed E-state index contributed by atoms with van der Waals surface area (Å²) in [4.78, 5) is 4.71. The fourth-order valence-corrected chi connectivity index (χ4v) is 3.22. The minimum atomic E-state index is -0.136. The van der Waals surface area contributed by atoms with E-state index in [0.29, 0.717) is 12.4 Å². The van der Waals surface area contributed by atoms with Gasteiger partial charge in [0.2, 0.25) is 6.39 Å². The van der Waals surface area contributed by atoms with Gasteiger partial charge in [0.05, 0.1) is 6.54 Å². The number of aromatic nitrogens is 2. The number of rotatable bonds is 3. The first-order chi connectivity index (χ1) is 8.84. The van der Waals surface area contributed by atoms with Crippen molar-refractivity contribution < 1.29 is 8.91 Å². The minimum Gasteiger partial charge on any atom is -0.343 e. The first-order valence-electron chi connectivity index (χ1n) is 5.74. The molecule has 18 heavy (non-hydrogen) atoms. The number of halogens is 1. The Labute approximate surface area is 108 Å². The summed E-state index contributed by atoms with van der Waals surface area (Å²) in [5.74, 6) is 1.40. The van der Waals surface area contributed by atoms with E-state index in [1.165, 1.54) is 12.5 Å². The Morgan fingerprint density at radius 1 is 1.50 bits per heavy atom. The molecule has 2 heterocycles. The lowest BCUT2D eigenvalue weighted by atomic mass is 10.0. The lowest BCUT2D eigenvalue weighted by Crippen LogP contribution is -2.25. The zero-order valence-corrected chi connectivity index (χ0v) is 10.4. The van der Waals surface area contributed by atoms with Gasteiger partial charge in [0, 0.05) is 10.9 Å². The van der Waals surface area contributed by atoms with Crippen LogP contribution in [0.15, 0.2) is 34.0 Å². The van der Waals surface area contributed by atoms with Gasteiger partial charge in [0.15, 0.2) is 5.82 Å². The van der Waals surface area contributed by atoms with Crippen LogP contribution in [0.1, 0.15) is 23.9 Å². The van der Waals surface area contributed by atoms with Gasteiger partial charge in [0.1, 0.15) is 5.82 Å². The van der Waals surface area contributed by atoms with Gasteiger partial charge in [-0.2, -0.15) is 4.98 Å². The molecule has 1 aromatic carbocycles. The van der Waals surface area contributed by atoms with Crippen molar-refractivity contribution in [2.75, 3.05) is 5.75 Å². The van der Waals surface area contributed by atoms with Crippen molar-refractivity contribution in [3.05, 3.63) is 41.8 Å². The van der Waals surface area contributed by atoms with E-state index in [4.69, 9.17) is 0 Å². The van der Waals surface area contributed by atoms with Gasteiger partial charge < -0.3 is 9.84 Å². The topological polar surface area (TPSA) is 51.0 Å². The van der Waals surface area contributed by atoms with Crippen LogP contribution >= 0.6 is 11.8 Å². The van der Waals surface area contributed by atoms with Crippen LogP contribution in [0.4, 0.5) is 4.39 Å². The van der Waals surface area contributed by atoms with Crippen LogP contribution < -0.4 is 5.32 Å². The quantitative estimate of drug-likeness (QED) is 0.924. The van der Waals surface area contributed by atoms with E-state index in [0.717, 1.165) is 22.6 Å². The third kappa shape index (κ3) is 2.26. The Morgan fingerprint density at radius 2 is 2.44 bits per heavy atom. The van der Waals surface area contributed by atoms with Crippen LogP contribution in [0.5, 0.6) is 0 Å². The number of thioether (sulfide) groups is 1. The lowest BCUT2D eigenvalue weighted by molar-refractivity contribution is 0.402. The molecule has 1 atom stereocenters. The van der Waals surface area contributed by atoms with E-state index < -0.39 is 0 Å². The van der Waals surface area contributed by atoms with Gasteiger partial charge in [-0.05, 0) is 23.8 Å². The van der Waals surface area contributed by atoms with Crippen molar-refractivity contribution in [2.45, 2.75) is 23.9 Å². The zero-order valence-electron chi connectivity index (χ0n) is 9.60. The molecule has 2 aromatic rings. The fraction of sp³-hybridized carbons (Fsp3) is 0.333. The van der Waals surface area contributed by atoms with Gasteiger partial charge in [-0.3, -0.25) is 0 Å². The third-order valence-corrected chi connectivity index (χ3v) is 4.10. The average molecular weight is 265 g/mol. The Balaban J connectivity index is 1.77. The van der Waals surface area contributed by atoms with Crippen molar-refractivity contribution in [2.24, 2.45) is 0 Å². The number of nitrogens with one attached hydrogen (secondary N) is 1. The van der Waals surface area contributed by atoms with Gasteiger partial charge in [-0.1, -0.05) is 17.3 Å². The smallest absolute Gasteiger partial charge is 0.213 e. The molecule has 0 aliphatic carbocycles. The van der Waals surface area contributed by atoms with E-state index in [-0.39, 0.29) is 11.9 Å². The maximum Gasteiger partial charge on any atom is 0.213 e. The standard InChI is InChI=1S/C12H12FN3OS/c13-9-3-1-2-8-10(4-5-18-12(8)9)14-6-11-15-7-17-16-11/h1-3,7,10,14H,4-6H2. The number of fused-ring (bicyclic) bond motifs is 1. The Bertz CT molecular complexity index is 532. The molecule has 4 nitrogen and oxygen atoms in total. The van der Waals surface area contributed by atoms with Crippen molar-refractivity contribution in [3.8, 4) is 0 Å². The summed E-state index contributed by atoms with van der Waals surface area (Å²) in [6.45, 7) is 0.530. The van der Waals surface area contributed by atoms with Crippen molar-refractivity contribution >= 4 is 11.8 Å². The largest absolute Gasteiger partial charge is 0.343 e. The highest BCUT2D eigenvalue weighted by Crippen LogP contribution is 2.37. The first-order valence-corrected chi connectivity index (χ1v) is 6.73. The van der Waals surface area contributed by atoms with Crippen LogP contribution in [-0.4, -0.2) is 15.9 Å². The van der Waals surface area contributed by atoms with E-state index in [2.05, 4.69) is 20.0 Å². The average Bonchev–Trinajstić information content (AvgIpc) is 2.90. The molecule has 94 valence electrons. The van der Waals surface area contributed by atoms with Gasteiger partial charge in [-0.15, -0.1) is 11.8 Å². The molecule has 1 N–H and O–H groups in total. The van der Waals surface area contributed by atoms with Crippen LogP contribution in [0.25, 0.3) is 0 Å². The van der Waals surface area contributed by atoms with Gasteiger partial charge >= 0.3 is 0 Å². The normalized spacial score (nSPS) is 18.6. The molecule has 6 heteroatoms. The molecule has 0 amide bonds. The monoisotopic (exact) mass is 265 g/mol. The first kappa shape index (κ1) is 11.7. The molecular formula is C12H12FN3OS. The van der Waals surface area contributed by atoms with Crippen LogP contribution in [-0.2, 0) is 6.54 Å². The molecule has 0 radical (unpaired) electrons. The predicted molar refractivity (Wildman–Crippen MR) is 65.6 cm³/mol. The number of benzene rings is 1. The van der Waals surface area contributed by atoms with Gasteiger partial charge in [0.25, 0.3) is 0 Å². The van der Waals surface area contributed by atoms with Crippen LogP contribution in [0.3, 0.4) is 0 Å². The molecule has 0 fully saturated rings. The zero-order chi connectivity index (χ0) is 12.4. The Hall–Kier alpha value is -1.40. The molecule has 0 bridgehead atoms. The number of hydrogen-bond donors (Lipinski definition) is 1. The summed E-state index contributed by atoms with van der Waals surface area (Å²) in [6, 6.07) is 5.38. The molecule has 1 unspecified atom stereocenters. The molecule has 3 rings (SSSR count). The van der Waals surface area contributed by atoms with Gasteiger partial charge in [-0.25, -0.2) is 4.39 Å². The second kappa shape index (κ2) is 5.07. The van der Waals surface area contributed by atoms with E-state index >= 15 is 0 Å². The highest BCUT2D eigenvalue weighted by atomic mass is 32.2. The highest BCUT2D eigenvalue weighted by molar-refractivity contribution is 7.99. The van der Waals surface area contributed by atoms with Crippen LogP contribution in [0, 0.1) is 5.82 Å². The lowest BCUT2D eigenvalue weighted by Gasteiger charge is -2.25. The van der Waals surface area contributed by atoms with Crippen molar-refractivity contribution in [3.63, 3.8) is 0 Å². The highest BCUT2D eigenvalue weighted by Gasteiger charge is 2.22. The molecule has 1 aliphatic rings. The molecular weight excluding hydrogens is 253 g/mol. The van der Waals surface area contributed by atoms with E-state index in [1.807, 2.05) is 6.07 Å². The summed E-state index contributed by atoms with van der Waals surface area (Å²) in [6.07, 6.45) is 2.28. The second-order valence-electron chi connectivity index (χ2n) is 4.08. The molecule has 0 spiro atoms. The van der Waals surface area contributed by atoms with Crippen LogP contribution in [0.2, 0.25) is 0 Å². The predicted octanol–water partition coefficient (Wildman–Crippen LogP) is 2.54. The number of nitrogens with zero attached hydrogens (tertiary/aromatic N) is 2. The summed E-state index contributed by atoms with van der Waals surface area (Å²) in [7, 11) is 0. The Kier molecular flexibility index (Phi) is 3.29. The second-order valence-corrected chi connectivity index (χ2v) is 5.18. The fourth-order valence-electron chi connectivity index (χ4n) is 2.08. The molecule has 0 saturated heterocycles. The van der Waals surface area contributed by atoms with Crippen molar-refractivity contribution in [1.82, 2.24) is 15.5 Å². The minimum absolute atomic E-state index is 0.136. The maximum atomic E-state index is 13.7. The number of hydrogen-bond acceptors (Lipinski definition) is 5. The van der Waals surface area contributed by atoms with E-state index in [9.17, 15) is 4.39 Å². The Morgan fingerprint density at radius 3 is 3.28 bits per heavy atom. The molecule has 1 aliphatic heterocycles. The molecule has 1 aromatic heterocycles. The van der Waals surface area contributed by atoms with E-state index in [1.54, 1.807) is 17.8 Å². The summed E-state index contributed by atoms with van der Waals surface area (Å²) in [5.41, 5.74) is 1.02. The summed E-state index contributed by atoms with van der Waals surface area (Å²) >= 11 is 1.58. The summed E-state index contributed by atoms with van der Waals surface area (Å²) < 4.78 is 18.3. The molecule has 0 saturated carbocycles. The maximum absolute atomic E-state index is 13.7. The third-order valence-electron chi connectivity index (χ3n) is 2.94. The SMILES string of the molecule is Fc1cccc2c1SCCC2NCc1ncon1. The summed E-state index contributed by atoms with van der Waals surface area (Å²) in [5, 5.41) is 7.09. The van der Waals surface area contributed by atoms with Crippen molar-refractivity contribution in [1.29, 1.82) is 0 Å².